The van der Waals surface area contributed by atoms with Crippen molar-refractivity contribution in [2.45, 2.75) is 38.5 Å². The number of rotatable bonds is 5. The molecule has 0 aliphatic heterocycles. The summed E-state index contributed by atoms with van der Waals surface area (Å²) in [6.45, 7) is 8.81. The SMILES string of the molecule is CC(C)(c1ccccc1)c1cc(-c2ccc3n[nH]nc3c2)c(O)c(C(C)(C)c2ccccc2)c1. The molecule has 0 saturated heterocycles. The van der Waals surface area contributed by atoms with E-state index in [4.69, 9.17) is 0 Å². The number of fused-ring (bicyclic) bond motifs is 1. The van der Waals surface area contributed by atoms with Crippen molar-refractivity contribution in [1.82, 2.24) is 15.4 Å². The van der Waals surface area contributed by atoms with E-state index in [0.717, 1.165) is 38.9 Å². The van der Waals surface area contributed by atoms with Crippen LogP contribution in [0.2, 0.25) is 0 Å². The average molecular weight is 448 g/mol. The summed E-state index contributed by atoms with van der Waals surface area (Å²) in [7, 11) is 0. The number of hydrogen-bond acceptors (Lipinski definition) is 3. The van der Waals surface area contributed by atoms with Gasteiger partial charge >= 0.3 is 0 Å². The summed E-state index contributed by atoms with van der Waals surface area (Å²) in [4.78, 5) is 0. The second kappa shape index (κ2) is 8.14. The van der Waals surface area contributed by atoms with Gasteiger partial charge < -0.3 is 5.11 Å². The van der Waals surface area contributed by atoms with Gasteiger partial charge in [-0.25, -0.2) is 0 Å². The fourth-order valence-corrected chi connectivity index (χ4v) is 4.73. The van der Waals surface area contributed by atoms with Crippen LogP contribution in [0.1, 0.15) is 49.9 Å². The van der Waals surface area contributed by atoms with Crippen LogP contribution in [0.5, 0.6) is 5.75 Å². The molecule has 0 unspecified atom stereocenters. The van der Waals surface area contributed by atoms with Gasteiger partial charge in [-0.1, -0.05) is 100 Å². The maximum Gasteiger partial charge on any atom is 0.127 e. The standard InChI is InChI=1S/C30H29N3O/c1-29(2,21-11-7-5-8-12-21)23-18-24(20-15-16-26-27(17-20)32-33-31-26)28(34)25(19-23)30(3,4)22-13-9-6-10-14-22/h5-19,34H,1-4H3,(H,31,32,33). The van der Waals surface area contributed by atoms with Crippen LogP contribution in [0.15, 0.2) is 91.0 Å². The second-order valence-corrected chi connectivity index (χ2v) is 9.93. The fraction of sp³-hybridized carbons (Fsp3) is 0.200. The maximum absolute atomic E-state index is 11.7. The van der Waals surface area contributed by atoms with Crippen molar-refractivity contribution in [2.24, 2.45) is 0 Å². The lowest BCUT2D eigenvalue weighted by Gasteiger charge is -2.32. The van der Waals surface area contributed by atoms with Crippen LogP contribution in [0.4, 0.5) is 0 Å². The van der Waals surface area contributed by atoms with Gasteiger partial charge in [0.05, 0.1) is 0 Å². The smallest absolute Gasteiger partial charge is 0.127 e. The van der Waals surface area contributed by atoms with Gasteiger partial charge in [-0.15, -0.1) is 0 Å². The predicted molar refractivity (Wildman–Crippen MR) is 138 cm³/mol. The van der Waals surface area contributed by atoms with Crippen molar-refractivity contribution in [3.8, 4) is 16.9 Å². The van der Waals surface area contributed by atoms with Gasteiger partial charge in [0.2, 0.25) is 0 Å². The molecule has 0 spiro atoms. The van der Waals surface area contributed by atoms with Crippen molar-refractivity contribution in [3.63, 3.8) is 0 Å². The summed E-state index contributed by atoms with van der Waals surface area (Å²) in [6, 6.07) is 31.1. The molecular formula is C30H29N3O. The molecule has 0 bridgehead atoms. The number of H-pyrrole nitrogens is 1. The molecule has 5 aromatic rings. The van der Waals surface area contributed by atoms with E-state index in [1.807, 2.05) is 42.5 Å². The zero-order chi connectivity index (χ0) is 23.9. The van der Waals surface area contributed by atoms with Gasteiger partial charge in [0.1, 0.15) is 16.8 Å². The van der Waals surface area contributed by atoms with E-state index < -0.39 is 5.41 Å². The molecule has 1 heterocycles. The van der Waals surface area contributed by atoms with E-state index in [1.165, 1.54) is 5.56 Å². The molecule has 0 saturated carbocycles. The van der Waals surface area contributed by atoms with Crippen LogP contribution < -0.4 is 0 Å². The molecule has 0 aliphatic carbocycles. The summed E-state index contributed by atoms with van der Waals surface area (Å²) in [5.74, 6) is 0.296. The number of aromatic hydroxyl groups is 1. The van der Waals surface area contributed by atoms with E-state index >= 15 is 0 Å². The number of aromatic nitrogens is 3. The Morgan fingerprint density at radius 2 is 1.21 bits per heavy atom. The molecule has 5 rings (SSSR count). The number of nitrogens with zero attached hydrogens (tertiary/aromatic N) is 2. The lowest BCUT2D eigenvalue weighted by Crippen LogP contribution is -2.23. The van der Waals surface area contributed by atoms with Gasteiger partial charge in [0, 0.05) is 22.0 Å². The predicted octanol–water partition coefficient (Wildman–Crippen LogP) is 6.98. The average Bonchev–Trinajstić information content (AvgIpc) is 3.33. The minimum Gasteiger partial charge on any atom is -0.507 e. The fourth-order valence-electron chi connectivity index (χ4n) is 4.73. The van der Waals surface area contributed by atoms with Crippen molar-refractivity contribution in [1.29, 1.82) is 0 Å². The number of aromatic amines is 1. The Morgan fingerprint density at radius 3 is 1.85 bits per heavy atom. The summed E-state index contributed by atoms with van der Waals surface area (Å²) in [5.41, 5.74) is 7.04. The molecule has 0 aliphatic rings. The van der Waals surface area contributed by atoms with Crippen LogP contribution in [0.25, 0.3) is 22.2 Å². The summed E-state index contributed by atoms with van der Waals surface area (Å²) < 4.78 is 0. The highest BCUT2D eigenvalue weighted by Crippen LogP contribution is 2.46. The second-order valence-electron chi connectivity index (χ2n) is 9.93. The van der Waals surface area contributed by atoms with Crippen molar-refractivity contribution in [3.05, 3.63) is 113 Å². The van der Waals surface area contributed by atoms with Gasteiger partial charge in [-0.05, 0) is 40.5 Å². The molecular weight excluding hydrogens is 418 g/mol. The largest absolute Gasteiger partial charge is 0.507 e. The van der Waals surface area contributed by atoms with Crippen LogP contribution in [-0.4, -0.2) is 20.5 Å². The van der Waals surface area contributed by atoms with Crippen molar-refractivity contribution >= 4 is 11.0 Å². The monoisotopic (exact) mass is 447 g/mol. The third-order valence-corrected chi connectivity index (χ3v) is 7.12. The molecule has 0 radical (unpaired) electrons. The van der Waals surface area contributed by atoms with E-state index in [1.54, 1.807) is 0 Å². The third-order valence-electron chi connectivity index (χ3n) is 7.12. The number of phenols is 1. The Balaban J connectivity index is 1.77. The van der Waals surface area contributed by atoms with Crippen LogP contribution in [-0.2, 0) is 10.8 Å². The van der Waals surface area contributed by atoms with E-state index in [0.29, 0.717) is 5.75 Å². The molecule has 4 heteroatoms. The Kier molecular flexibility index (Phi) is 5.24. The minimum atomic E-state index is -0.402. The lowest BCUT2D eigenvalue weighted by atomic mass is 9.71. The van der Waals surface area contributed by atoms with Gasteiger partial charge in [-0.2, -0.15) is 15.4 Å². The van der Waals surface area contributed by atoms with Crippen molar-refractivity contribution in [2.75, 3.05) is 0 Å². The highest BCUT2D eigenvalue weighted by molar-refractivity contribution is 5.84. The molecule has 1 aromatic heterocycles. The molecule has 0 atom stereocenters. The maximum atomic E-state index is 11.7. The molecule has 34 heavy (non-hydrogen) atoms. The number of nitrogens with one attached hydrogen (secondary N) is 1. The van der Waals surface area contributed by atoms with Gasteiger partial charge in [-0.3, -0.25) is 0 Å². The first kappa shape index (κ1) is 21.9. The summed E-state index contributed by atoms with van der Waals surface area (Å²) in [5, 5.41) is 22.8. The highest BCUT2D eigenvalue weighted by atomic mass is 16.3. The normalized spacial score (nSPS) is 12.2. The quantitative estimate of drug-likeness (QED) is 0.305. The lowest BCUT2D eigenvalue weighted by molar-refractivity contribution is 0.453. The highest BCUT2D eigenvalue weighted by Gasteiger charge is 2.32. The van der Waals surface area contributed by atoms with Gasteiger partial charge in [0.15, 0.2) is 0 Å². The number of hydrogen-bond donors (Lipinski definition) is 2. The number of phenolic OH excluding ortho intramolecular Hbond substituents is 1. The van der Waals surface area contributed by atoms with E-state index in [-0.39, 0.29) is 5.41 Å². The number of benzene rings is 4. The van der Waals surface area contributed by atoms with E-state index in [9.17, 15) is 5.11 Å². The zero-order valence-electron chi connectivity index (χ0n) is 20.0. The molecule has 4 nitrogen and oxygen atoms in total. The topological polar surface area (TPSA) is 61.8 Å². The summed E-state index contributed by atoms with van der Waals surface area (Å²) >= 11 is 0. The minimum absolute atomic E-state index is 0.261. The van der Waals surface area contributed by atoms with E-state index in [2.05, 4.69) is 91.6 Å². The first-order valence-electron chi connectivity index (χ1n) is 11.6. The Labute approximate surface area is 200 Å². The molecule has 0 fully saturated rings. The Morgan fingerprint density at radius 1 is 0.618 bits per heavy atom. The van der Waals surface area contributed by atoms with Crippen LogP contribution >= 0.6 is 0 Å². The van der Waals surface area contributed by atoms with Gasteiger partial charge in [0.25, 0.3) is 0 Å². The Bertz CT molecular complexity index is 1450. The van der Waals surface area contributed by atoms with Crippen LogP contribution in [0.3, 0.4) is 0 Å². The third kappa shape index (κ3) is 3.65. The summed E-state index contributed by atoms with van der Waals surface area (Å²) in [6.07, 6.45) is 0. The Hall–Kier alpha value is -3.92. The first-order valence-corrected chi connectivity index (χ1v) is 11.6. The first-order chi connectivity index (χ1) is 16.3. The molecule has 4 aromatic carbocycles. The molecule has 0 amide bonds. The molecule has 170 valence electrons. The van der Waals surface area contributed by atoms with Crippen molar-refractivity contribution < 1.29 is 5.11 Å². The van der Waals surface area contributed by atoms with Crippen LogP contribution in [0, 0.1) is 0 Å². The zero-order valence-corrected chi connectivity index (χ0v) is 20.0. The molecule has 2 N–H and O–H groups in total.